The summed E-state index contributed by atoms with van der Waals surface area (Å²) in [7, 11) is 0. The van der Waals surface area contributed by atoms with Gasteiger partial charge in [0, 0.05) is 12.5 Å². The van der Waals surface area contributed by atoms with Gasteiger partial charge in [-0.15, -0.1) is 0 Å². The van der Waals surface area contributed by atoms with E-state index in [9.17, 15) is 19.9 Å². The Morgan fingerprint density at radius 2 is 2.12 bits per heavy atom. The maximum Gasteiger partial charge on any atom is 0.169 e. The summed E-state index contributed by atoms with van der Waals surface area (Å²) in [6.45, 7) is 1.52. The average molecular weight is 329 g/mol. The molecule has 0 spiro atoms. The van der Waals surface area contributed by atoms with Crippen molar-refractivity contribution < 1.29 is 14.6 Å². The highest BCUT2D eigenvalue weighted by atomic mass is 19.1. The fourth-order valence-corrected chi connectivity index (χ4v) is 2.88. The first kappa shape index (κ1) is 16.0. The molecule has 8 heteroatoms. The van der Waals surface area contributed by atoms with Crippen LogP contribution in [0, 0.1) is 17.1 Å². The second kappa shape index (κ2) is 6.29. The second-order valence-electron chi connectivity index (χ2n) is 5.64. The second-order valence-corrected chi connectivity index (χ2v) is 5.64. The lowest BCUT2D eigenvalue weighted by atomic mass is 9.93. The largest absolute Gasteiger partial charge is 0.507 e. The van der Waals surface area contributed by atoms with Gasteiger partial charge >= 0.3 is 0 Å². The summed E-state index contributed by atoms with van der Waals surface area (Å²) in [5.41, 5.74) is 6.23. The number of aromatic nitrogens is 2. The number of nitrogens with zero attached hydrogens (tertiary/aromatic N) is 3. The highest BCUT2D eigenvalue weighted by molar-refractivity contribution is 5.73. The van der Waals surface area contributed by atoms with Crippen LogP contribution in [0.4, 0.5) is 10.2 Å². The molecule has 7 nitrogen and oxygen atoms in total. The van der Waals surface area contributed by atoms with E-state index in [-0.39, 0.29) is 34.4 Å². The van der Waals surface area contributed by atoms with E-state index in [0.717, 1.165) is 31.5 Å². The Bertz CT molecular complexity index is 828. The summed E-state index contributed by atoms with van der Waals surface area (Å²) >= 11 is 0. The maximum atomic E-state index is 13.6. The first-order chi connectivity index (χ1) is 11.5. The first-order valence-corrected chi connectivity index (χ1v) is 7.52. The van der Waals surface area contributed by atoms with Gasteiger partial charge in [0.25, 0.3) is 0 Å². The lowest BCUT2D eigenvalue weighted by Gasteiger charge is -2.23. The fourth-order valence-electron chi connectivity index (χ4n) is 2.88. The van der Waals surface area contributed by atoms with Crippen LogP contribution in [0.3, 0.4) is 0 Å². The Morgan fingerprint density at radius 1 is 1.33 bits per heavy atom. The highest BCUT2D eigenvalue weighted by Gasteiger charge is 2.25. The van der Waals surface area contributed by atoms with E-state index >= 15 is 0 Å². The van der Waals surface area contributed by atoms with Gasteiger partial charge in [-0.2, -0.15) is 5.26 Å². The van der Waals surface area contributed by atoms with Crippen LogP contribution in [0.2, 0.25) is 0 Å². The summed E-state index contributed by atoms with van der Waals surface area (Å²) < 4.78 is 13.6. The predicted octanol–water partition coefficient (Wildman–Crippen LogP) is 1.61. The Hall–Kier alpha value is -2.92. The minimum absolute atomic E-state index is 0.0460. The molecule has 2 heterocycles. The number of nitrogens with one attached hydrogen (secondary N) is 1. The molecule has 1 aliphatic heterocycles. The molecular weight excluding hydrogens is 313 g/mol. The number of aromatic hydroxyl groups is 2. The number of benzene rings is 1. The third kappa shape index (κ3) is 2.70. The SMILES string of the molecule is N#Cc1c(N)nc(-c2c(O)ccc(F)c2O)nc1C1CCCNC1. The van der Waals surface area contributed by atoms with Crippen LogP contribution < -0.4 is 11.1 Å². The van der Waals surface area contributed by atoms with Gasteiger partial charge in [0.1, 0.15) is 28.8 Å². The van der Waals surface area contributed by atoms with Crippen molar-refractivity contribution in [2.45, 2.75) is 18.8 Å². The van der Waals surface area contributed by atoms with Gasteiger partial charge in [-0.3, -0.25) is 0 Å². The van der Waals surface area contributed by atoms with E-state index in [2.05, 4.69) is 15.3 Å². The zero-order chi connectivity index (χ0) is 17.3. The number of anilines is 1. The summed E-state index contributed by atoms with van der Waals surface area (Å²) in [5, 5.41) is 32.5. The Labute approximate surface area is 137 Å². The molecule has 1 atom stereocenters. The molecule has 1 fully saturated rings. The molecule has 1 aromatic heterocycles. The van der Waals surface area contributed by atoms with E-state index in [0.29, 0.717) is 12.2 Å². The first-order valence-electron chi connectivity index (χ1n) is 7.52. The van der Waals surface area contributed by atoms with Crippen molar-refractivity contribution in [2.24, 2.45) is 0 Å². The minimum Gasteiger partial charge on any atom is -0.507 e. The maximum absolute atomic E-state index is 13.6. The third-order valence-corrected chi connectivity index (χ3v) is 4.09. The summed E-state index contributed by atoms with van der Waals surface area (Å²) in [6.07, 6.45) is 1.74. The quantitative estimate of drug-likeness (QED) is 0.659. The van der Waals surface area contributed by atoms with E-state index < -0.39 is 11.6 Å². The molecule has 1 aromatic carbocycles. The van der Waals surface area contributed by atoms with E-state index in [4.69, 9.17) is 5.73 Å². The third-order valence-electron chi connectivity index (χ3n) is 4.09. The molecule has 5 N–H and O–H groups in total. The van der Waals surface area contributed by atoms with Crippen LogP contribution >= 0.6 is 0 Å². The molecule has 24 heavy (non-hydrogen) atoms. The molecule has 1 saturated heterocycles. The molecule has 0 amide bonds. The molecule has 1 unspecified atom stereocenters. The van der Waals surface area contributed by atoms with Crippen molar-refractivity contribution in [3.63, 3.8) is 0 Å². The number of nitriles is 1. The van der Waals surface area contributed by atoms with Crippen molar-refractivity contribution in [3.05, 3.63) is 29.2 Å². The molecular formula is C16H16FN5O2. The Balaban J connectivity index is 2.19. The number of phenolic OH excluding ortho intramolecular Hbond substituents is 2. The van der Waals surface area contributed by atoms with Crippen LogP contribution in [0.25, 0.3) is 11.4 Å². The predicted molar refractivity (Wildman–Crippen MR) is 84.7 cm³/mol. The monoisotopic (exact) mass is 329 g/mol. The van der Waals surface area contributed by atoms with Crippen LogP contribution in [0.15, 0.2) is 12.1 Å². The van der Waals surface area contributed by atoms with Crippen LogP contribution in [0.5, 0.6) is 11.5 Å². The summed E-state index contributed by atoms with van der Waals surface area (Å²) in [6, 6.07) is 4.04. The van der Waals surface area contributed by atoms with Crippen LogP contribution in [-0.2, 0) is 0 Å². The molecule has 3 rings (SSSR count). The van der Waals surface area contributed by atoms with Gasteiger partial charge in [0.05, 0.1) is 5.69 Å². The molecule has 1 aliphatic rings. The van der Waals surface area contributed by atoms with Gasteiger partial charge in [-0.1, -0.05) is 0 Å². The van der Waals surface area contributed by atoms with Gasteiger partial charge in [-0.25, -0.2) is 14.4 Å². The minimum atomic E-state index is -0.907. The highest BCUT2D eigenvalue weighted by Crippen LogP contribution is 2.38. The normalized spacial score (nSPS) is 17.4. The lowest BCUT2D eigenvalue weighted by Crippen LogP contribution is -2.29. The molecule has 0 radical (unpaired) electrons. The zero-order valence-electron chi connectivity index (χ0n) is 12.8. The van der Waals surface area contributed by atoms with Crippen molar-refractivity contribution >= 4 is 5.82 Å². The Morgan fingerprint density at radius 3 is 2.79 bits per heavy atom. The smallest absolute Gasteiger partial charge is 0.169 e. The number of nitrogen functional groups attached to an aromatic ring is 1. The molecule has 0 aliphatic carbocycles. The van der Waals surface area contributed by atoms with Gasteiger partial charge < -0.3 is 21.3 Å². The van der Waals surface area contributed by atoms with Gasteiger partial charge in [0.15, 0.2) is 17.4 Å². The number of hydrogen-bond acceptors (Lipinski definition) is 7. The van der Waals surface area contributed by atoms with E-state index in [1.165, 1.54) is 0 Å². The Kier molecular flexibility index (Phi) is 4.18. The van der Waals surface area contributed by atoms with Crippen molar-refractivity contribution in [2.75, 3.05) is 18.8 Å². The van der Waals surface area contributed by atoms with Gasteiger partial charge in [-0.05, 0) is 31.5 Å². The topological polar surface area (TPSA) is 128 Å². The molecule has 0 saturated carbocycles. The van der Waals surface area contributed by atoms with E-state index in [1.807, 2.05) is 6.07 Å². The average Bonchev–Trinajstić information content (AvgIpc) is 2.59. The molecule has 0 bridgehead atoms. The van der Waals surface area contributed by atoms with Crippen LogP contribution in [0.1, 0.15) is 30.0 Å². The van der Waals surface area contributed by atoms with Crippen molar-refractivity contribution in [1.29, 1.82) is 5.26 Å². The fraction of sp³-hybridized carbons (Fsp3) is 0.312. The summed E-state index contributed by atoms with van der Waals surface area (Å²) in [4.78, 5) is 8.29. The summed E-state index contributed by atoms with van der Waals surface area (Å²) in [5.74, 6) is -2.25. The number of hydrogen-bond donors (Lipinski definition) is 4. The van der Waals surface area contributed by atoms with Crippen molar-refractivity contribution in [1.82, 2.24) is 15.3 Å². The molecule has 124 valence electrons. The number of halogens is 1. The van der Waals surface area contributed by atoms with Gasteiger partial charge in [0.2, 0.25) is 0 Å². The number of nitrogens with two attached hydrogens (primary N) is 1. The van der Waals surface area contributed by atoms with E-state index in [1.54, 1.807) is 0 Å². The lowest BCUT2D eigenvalue weighted by molar-refractivity contribution is 0.421. The number of piperidine rings is 1. The molecule has 2 aromatic rings. The number of rotatable bonds is 2. The zero-order valence-corrected chi connectivity index (χ0v) is 12.8. The standard InChI is InChI=1S/C16H16FN5O2/c17-10-3-4-11(23)12(14(10)24)16-21-13(8-2-1-5-20-7-8)9(6-18)15(19)22-16/h3-4,8,20,23-24H,1-2,5,7H2,(H2,19,21,22). The van der Waals surface area contributed by atoms with Crippen molar-refractivity contribution in [3.8, 4) is 29.0 Å². The van der Waals surface area contributed by atoms with Crippen LogP contribution in [-0.4, -0.2) is 33.3 Å². The number of phenols is 2.